The van der Waals surface area contributed by atoms with Crippen molar-refractivity contribution in [1.29, 1.82) is 0 Å². The van der Waals surface area contributed by atoms with Crippen LogP contribution in [-0.2, 0) is 4.74 Å². The minimum Gasteiger partial charge on any atom is -0.389 e. The molecule has 0 aliphatic carbocycles. The minimum absolute atomic E-state index is 0.0274. The van der Waals surface area contributed by atoms with Gasteiger partial charge in [-0.25, -0.2) is 0 Å². The summed E-state index contributed by atoms with van der Waals surface area (Å²) < 4.78 is 5.33. The Kier molecular flexibility index (Phi) is 4.11. The zero-order valence-electron chi connectivity index (χ0n) is 11.3. The summed E-state index contributed by atoms with van der Waals surface area (Å²) in [6.07, 6.45) is -0.440. The summed E-state index contributed by atoms with van der Waals surface area (Å²) in [4.78, 5) is 0. The normalized spacial score (nSPS) is 22.3. The highest BCUT2D eigenvalue weighted by atomic mass is 16.5. The lowest BCUT2D eigenvalue weighted by Gasteiger charge is -2.25. The zero-order chi connectivity index (χ0) is 13.8. The number of benzene rings is 2. The van der Waals surface area contributed by atoms with Crippen molar-refractivity contribution < 1.29 is 9.84 Å². The molecule has 104 valence electrons. The van der Waals surface area contributed by atoms with Gasteiger partial charge in [-0.1, -0.05) is 60.7 Å². The maximum Gasteiger partial charge on any atom is 0.0948 e. The minimum atomic E-state index is -0.440. The van der Waals surface area contributed by atoms with Gasteiger partial charge in [0.15, 0.2) is 0 Å². The fraction of sp³-hybridized carbons (Fsp3) is 0.294. The zero-order valence-corrected chi connectivity index (χ0v) is 11.3. The SMILES string of the molecule is O[C@@H]1COC[C@@H]1NC(c1ccccc1)c1ccccc1. The number of ether oxygens (including phenoxy) is 1. The molecule has 1 saturated heterocycles. The summed E-state index contributed by atoms with van der Waals surface area (Å²) in [6, 6.07) is 20.6. The molecule has 0 bridgehead atoms. The molecule has 0 aromatic heterocycles. The second-order valence-corrected chi connectivity index (χ2v) is 5.13. The number of aliphatic hydroxyl groups excluding tert-OH is 1. The lowest BCUT2D eigenvalue weighted by atomic mass is 9.97. The van der Waals surface area contributed by atoms with E-state index in [0.717, 1.165) is 0 Å². The highest BCUT2D eigenvalue weighted by Crippen LogP contribution is 2.23. The third-order valence-corrected chi connectivity index (χ3v) is 3.70. The van der Waals surface area contributed by atoms with Crippen LogP contribution < -0.4 is 5.32 Å². The Hall–Kier alpha value is -1.68. The van der Waals surface area contributed by atoms with Crippen molar-refractivity contribution in [3.63, 3.8) is 0 Å². The second-order valence-electron chi connectivity index (χ2n) is 5.13. The molecule has 3 rings (SSSR count). The Labute approximate surface area is 119 Å². The maximum atomic E-state index is 9.94. The van der Waals surface area contributed by atoms with E-state index in [9.17, 15) is 5.11 Å². The fourth-order valence-corrected chi connectivity index (χ4v) is 2.59. The topological polar surface area (TPSA) is 41.5 Å². The van der Waals surface area contributed by atoms with Crippen LogP contribution >= 0.6 is 0 Å². The van der Waals surface area contributed by atoms with Gasteiger partial charge in [0.1, 0.15) is 0 Å². The summed E-state index contributed by atoms with van der Waals surface area (Å²) in [7, 11) is 0. The van der Waals surface area contributed by atoms with Crippen molar-refractivity contribution in [2.75, 3.05) is 13.2 Å². The lowest BCUT2D eigenvalue weighted by Crippen LogP contribution is -2.41. The largest absolute Gasteiger partial charge is 0.389 e. The molecule has 0 radical (unpaired) electrons. The molecule has 20 heavy (non-hydrogen) atoms. The molecule has 1 aliphatic rings. The average molecular weight is 269 g/mol. The maximum absolute atomic E-state index is 9.94. The molecular weight excluding hydrogens is 250 g/mol. The first kappa shape index (κ1) is 13.3. The Balaban J connectivity index is 1.88. The van der Waals surface area contributed by atoms with Crippen LogP contribution in [0.5, 0.6) is 0 Å². The molecule has 0 spiro atoms. The van der Waals surface area contributed by atoms with Gasteiger partial charge in [-0.15, -0.1) is 0 Å². The summed E-state index contributed by atoms with van der Waals surface area (Å²) in [5, 5.41) is 13.5. The van der Waals surface area contributed by atoms with Crippen LogP contribution in [-0.4, -0.2) is 30.5 Å². The molecule has 1 aliphatic heterocycles. The van der Waals surface area contributed by atoms with Crippen molar-refractivity contribution in [3.05, 3.63) is 71.8 Å². The van der Waals surface area contributed by atoms with Crippen molar-refractivity contribution in [2.45, 2.75) is 18.2 Å². The monoisotopic (exact) mass is 269 g/mol. The first-order valence-corrected chi connectivity index (χ1v) is 6.96. The fourth-order valence-electron chi connectivity index (χ4n) is 2.59. The van der Waals surface area contributed by atoms with E-state index in [2.05, 4.69) is 29.6 Å². The van der Waals surface area contributed by atoms with Gasteiger partial charge in [-0.2, -0.15) is 0 Å². The molecule has 2 aromatic rings. The molecule has 0 amide bonds. The van der Waals surface area contributed by atoms with Crippen LogP contribution in [0.1, 0.15) is 17.2 Å². The predicted octanol–water partition coefficient (Wildman–Crippen LogP) is 2.13. The molecule has 0 unspecified atom stereocenters. The van der Waals surface area contributed by atoms with Crippen molar-refractivity contribution in [1.82, 2.24) is 5.32 Å². The van der Waals surface area contributed by atoms with E-state index in [1.165, 1.54) is 11.1 Å². The summed E-state index contributed by atoms with van der Waals surface area (Å²) in [5.41, 5.74) is 2.38. The molecule has 3 heteroatoms. The highest BCUT2D eigenvalue weighted by molar-refractivity contribution is 5.31. The van der Waals surface area contributed by atoms with E-state index >= 15 is 0 Å². The van der Waals surface area contributed by atoms with Gasteiger partial charge in [0, 0.05) is 0 Å². The van der Waals surface area contributed by atoms with Crippen LogP contribution in [0, 0.1) is 0 Å². The molecule has 0 saturated carbocycles. The quantitative estimate of drug-likeness (QED) is 0.893. The lowest BCUT2D eigenvalue weighted by molar-refractivity contribution is 0.121. The molecule has 1 heterocycles. The van der Waals surface area contributed by atoms with Gasteiger partial charge in [0.25, 0.3) is 0 Å². The Bertz CT molecular complexity index is 490. The standard InChI is InChI=1S/C17H19NO2/c19-16-12-20-11-15(16)18-17(13-7-3-1-4-8-13)14-9-5-2-6-10-14/h1-10,15-19H,11-12H2/t15-,16+/m0/s1. The Morgan fingerprint density at radius 2 is 1.45 bits per heavy atom. The van der Waals surface area contributed by atoms with Crippen LogP contribution in [0.15, 0.2) is 60.7 Å². The van der Waals surface area contributed by atoms with Crippen molar-refractivity contribution in [3.8, 4) is 0 Å². The Morgan fingerprint density at radius 1 is 0.900 bits per heavy atom. The average Bonchev–Trinajstić information content (AvgIpc) is 2.92. The molecule has 2 atom stereocenters. The van der Waals surface area contributed by atoms with E-state index in [4.69, 9.17) is 4.74 Å². The number of nitrogens with one attached hydrogen (secondary N) is 1. The molecular formula is C17H19NO2. The van der Waals surface area contributed by atoms with Gasteiger partial charge in [-0.05, 0) is 11.1 Å². The van der Waals surface area contributed by atoms with Crippen LogP contribution in [0.25, 0.3) is 0 Å². The van der Waals surface area contributed by atoms with E-state index in [0.29, 0.717) is 13.2 Å². The third kappa shape index (κ3) is 2.90. The molecule has 1 fully saturated rings. The summed E-state index contributed by atoms with van der Waals surface area (Å²) in [5.74, 6) is 0. The van der Waals surface area contributed by atoms with Gasteiger partial charge in [-0.3, -0.25) is 5.32 Å². The van der Waals surface area contributed by atoms with E-state index in [1.54, 1.807) is 0 Å². The predicted molar refractivity (Wildman–Crippen MR) is 78.5 cm³/mol. The first-order chi connectivity index (χ1) is 9.84. The smallest absolute Gasteiger partial charge is 0.0948 e. The van der Waals surface area contributed by atoms with Crippen LogP contribution in [0.3, 0.4) is 0 Å². The van der Waals surface area contributed by atoms with Gasteiger partial charge in [0.2, 0.25) is 0 Å². The number of hydrogen-bond donors (Lipinski definition) is 2. The molecule has 2 aromatic carbocycles. The van der Waals surface area contributed by atoms with Gasteiger partial charge >= 0.3 is 0 Å². The second kappa shape index (κ2) is 6.18. The number of rotatable bonds is 4. The van der Waals surface area contributed by atoms with E-state index in [1.807, 2.05) is 36.4 Å². The third-order valence-electron chi connectivity index (χ3n) is 3.70. The number of hydrogen-bond acceptors (Lipinski definition) is 3. The van der Waals surface area contributed by atoms with Crippen LogP contribution in [0.2, 0.25) is 0 Å². The number of aliphatic hydroxyl groups is 1. The highest BCUT2D eigenvalue weighted by Gasteiger charge is 2.29. The van der Waals surface area contributed by atoms with Gasteiger partial charge < -0.3 is 9.84 Å². The van der Waals surface area contributed by atoms with E-state index in [-0.39, 0.29) is 12.1 Å². The molecule has 2 N–H and O–H groups in total. The first-order valence-electron chi connectivity index (χ1n) is 6.96. The van der Waals surface area contributed by atoms with Crippen molar-refractivity contribution >= 4 is 0 Å². The van der Waals surface area contributed by atoms with Crippen molar-refractivity contribution in [2.24, 2.45) is 0 Å². The van der Waals surface area contributed by atoms with Crippen LogP contribution in [0.4, 0.5) is 0 Å². The van der Waals surface area contributed by atoms with Gasteiger partial charge in [0.05, 0.1) is 31.4 Å². The van der Waals surface area contributed by atoms with E-state index < -0.39 is 6.10 Å². The summed E-state index contributed by atoms with van der Waals surface area (Å²) in [6.45, 7) is 0.964. The summed E-state index contributed by atoms with van der Waals surface area (Å²) >= 11 is 0. The molecule has 3 nitrogen and oxygen atoms in total. The Morgan fingerprint density at radius 3 is 1.90 bits per heavy atom.